The Morgan fingerprint density at radius 3 is 2.68 bits per heavy atom. The number of anilines is 1. The second kappa shape index (κ2) is 9.99. The molecule has 6 nitrogen and oxygen atoms in total. The standard InChI is InChI=1S/C32H40N6/c1-22-26-12-11-23(19-29(26)32(36-22)15-6-5-7-16-32)28-21-33-31-27(28)13-14-30(35-31)34-24-9-8-10-25(20-24)38(4)18-17-37(2)3/h9,11-14,19-21,36H,1,5-8,10,15-18H2,2-4H3,(H2,33,34,35). The van der Waals surface area contributed by atoms with Crippen LogP contribution in [0.3, 0.4) is 0 Å². The summed E-state index contributed by atoms with van der Waals surface area (Å²) >= 11 is 0. The number of rotatable bonds is 7. The van der Waals surface area contributed by atoms with Gasteiger partial charge in [-0.1, -0.05) is 44.1 Å². The molecular formula is C32H40N6. The van der Waals surface area contributed by atoms with Gasteiger partial charge in [-0.05, 0) is 75.2 Å². The smallest absolute Gasteiger partial charge is 0.140 e. The molecule has 1 fully saturated rings. The number of hydrogen-bond donors (Lipinski definition) is 3. The van der Waals surface area contributed by atoms with Gasteiger partial charge in [0.25, 0.3) is 0 Å². The highest BCUT2D eigenvalue weighted by Gasteiger charge is 2.41. The average molecular weight is 509 g/mol. The highest BCUT2D eigenvalue weighted by atomic mass is 15.2. The second-order valence-electron chi connectivity index (χ2n) is 11.5. The van der Waals surface area contributed by atoms with Crippen molar-refractivity contribution < 1.29 is 0 Å². The largest absolute Gasteiger partial charge is 0.377 e. The summed E-state index contributed by atoms with van der Waals surface area (Å²) in [4.78, 5) is 13.0. The number of H-pyrrole nitrogens is 1. The van der Waals surface area contributed by atoms with Crippen LogP contribution in [-0.2, 0) is 5.54 Å². The van der Waals surface area contributed by atoms with Gasteiger partial charge >= 0.3 is 0 Å². The van der Waals surface area contributed by atoms with E-state index in [0.717, 1.165) is 54.2 Å². The molecule has 6 heteroatoms. The molecule has 3 N–H and O–H groups in total. The normalized spacial score (nSPS) is 18.4. The third-order valence-electron chi connectivity index (χ3n) is 8.54. The molecule has 0 amide bonds. The quantitative estimate of drug-likeness (QED) is 0.343. The van der Waals surface area contributed by atoms with Gasteiger partial charge in [0, 0.05) is 59.9 Å². The number of nitrogens with zero attached hydrogens (tertiary/aromatic N) is 3. The third kappa shape index (κ3) is 4.62. The zero-order valence-corrected chi connectivity index (χ0v) is 23.0. The van der Waals surface area contributed by atoms with E-state index in [9.17, 15) is 0 Å². The lowest BCUT2D eigenvalue weighted by atomic mass is 9.77. The predicted octanol–water partition coefficient (Wildman–Crippen LogP) is 6.43. The fourth-order valence-electron chi connectivity index (χ4n) is 6.37. The Hall–Kier alpha value is -3.51. The molecule has 2 aliphatic carbocycles. The van der Waals surface area contributed by atoms with Crippen LogP contribution in [0.4, 0.5) is 5.82 Å². The molecule has 2 aromatic heterocycles. The molecule has 1 aromatic carbocycles. The maximum absolute atomic E-state index is 4.93. The van der Waals surface area contributed by atoms with E-state index < -0.39 is 0 Å². The van der Waals surface area contributed by atoms with E-state index in [2.05, 4.69) is 102 Å². The Morgan fingerprint density at radius 1 is 1.03 bits per heavy atom. The maximum Gasteiger partial charge on any atom is 0.140 e. The summed E-state index contributed by atoms with van der Waals surface area (Å²) < 4.78 is 0. The second-order valence-corrected chi connectivity index (χ2v) is 11.5. The van der Waals surface area contributed by atoms with Gasteiger partial charge in [-0.3, -0.25) is 0 Å². The lowest BCUT2D eigenvalue weighted by Gasteiger charge is -2.35. The zero-order valence-electron chi connectivity index (χ0n) is 23.0. The van der Waals surface area contributed by atoms with Gasteiger partial charge < -0.3 is 25.4 Å². The first-order valence-electron chi connectivity index (χ1n) is 14.1. The zero-order chi connectivity index (χ0) is 26.3. The summed E-state index contributed by atoms with van der Waals surface area (Å²) in [6, 6.07) is 11.2. The third-order valence-corrected chi connectivity index (χ3v) is 8.54. The number of aromatic nitrogens is 2. The number of nitrogens with one attached hydrogen (secondary N) is 3. The molecule has 38 heavy (non-hydrogen) atoms. The van der Waals surface area contributed by atoms with Crippen LogP contribution in [-0.4, -0.2) is 54.0 Å². The molecule has 3 aliphatic rings. The van der Waals surface area contributed by atoms with Crippen LogP contribution in [0.2, 0.25) is 0 Å². The minimum Gasteiger partial charge on any atom is -0.377 e. The van der Waals surface area contributed by atoms with Crippen molar-refractivity contribution in [2.75, 3.05) is 39.5 Å². The van der Waals surface area contributed by atoms with E-state index in [4.69, 9.17) is 4.98 Å². The van der Waals surface area contributed by atoms with Gasteiger partial charge in [-0.15, -0.1) is 0 Å². The molecule has 0 unspecified atom stereocenters. The van der Waals surface area contributed by atoms with Crippen molar-refractivity contribution in [3.63, 3.8) is 0 Å². The van der Waals surface area contributed by atoms with E-state index >= 15 is 0 Å². The highest BCUT2D eigenvalue weighted by molar-refractivity contribution is 5.95. The van der Waals surface area contributed by atoms with Gasteiger partial charge in [0.05, 0.1) is 5.54 Å². The van der Waals surface area contributed by atoms with Crippen molar-refractivity contribution in [1.82, 2.24) is 25.1 Å². The van der Waals surface area contributed by atoms with Crippen LogP contribution >= 0.6 is 0 Å². The Morgan fingerprint density at radius 2 is 1.87 bits per heavy atom. The Bertz CT molecular complexity index is 1420. The molecule has 6 rings (SSSR count). The summed E-state index contributed by atoms with van der Waals surface area (Å²) in [5.74, 6) is 0.862. The Labute approximate surface area is 226 Å². The molecule has 0 bridgehead atoms. The first-order valence-corrected chi connectivity index (χ1v) is 14.1. The lowest BCUT2D eigenvalue weighted by Crippen LogP contribution is -2.38. The van der Waals surface area contributed by atoms with Crippen LogP contribution in [0.25, 0.3) is 27.9 Å². The minimum atomic E-state index is 0.0583. The van der Waals surface area contributed by atoms with Crippen LogP contribution in [0.1, 0.15) is 56.1 Å². The summed E-state index contributed by atoms with van der Waals surface area (Å²) in [5, 5.41) is 8.47. The van der Waals surface area contributed by atoms with E-state index in [1.165, 1.54) is 60.1 Å². The average Bonchev–Trinajstić information content (AvgIpc) is 3.46. The maximum atomic E-state index is 4.93. The number of allylic oxidation sites excluding steroid dienone is 3. The van der Waals surface area contributed by atoms with E-state index in [1.807, 2.05) is 0 Å². The first kappa shape index (κ1) is 24.8. The molecule has 1 saturated carbocycles. The number of pyridine rings is 1. The van der Waals surface area contributed by atoms with Gasteiger partial charge in [0.2, 0.25) is 0 Å². The molecule has 3 aromatic rings. The van der Waals surface area contributed by atoms with Gasteiger partial charge in [-0.25, -0.2) is 4.98 Å². The predicted molar refractivity (Wildman–Crippen MR) is 159 cm³/mol. The fourth-order valence-corrected chi connectivity index (χ4v) is 6.37. The summed E-state index contributed by atoms with van der Waals surface area (Å²) in [5.41, 5.74) is 9.66. The van der Waals surface area contributed by atoms with E-state index in [-0.39, 0.29) is 5.54 Å². The molecule has 0 radical (unpaired) electrons. The number of fused-ring (bicyclic) bond motifs is 3. The van der Waals surface area contributed by atoms with Crippen molar-refractivity contribution in [2.24, 2.45) is 0 Å². The van der Waals surface area contributed by atoms with Gasteiger partial charge in [0.15, 0.2) is 0 Å². The van der Waals surface area contributed by atoms with Gasteiger partial charge in [0.1, 0.15) is 11.5 Å². The molecule has 198 valence electrons. The van der Waals surface area contributed by atoms with Crippen molar-refractivity contribution >= 4 is 22.5 Å². The summed E-state index contributed by atoms with van der Waals surface area (Å²) in [6.45, 7) is 6.40. The molecule has 0 atom stereocenters. The van der Waals surface area contributed by atoms with Crippen molar-refractivity contribution in [3.8, 4) is 11.1 Å². The van der Waals surface area contributed by atoms with E-state index in [1.54, 1.807) is 0 Å². The summed E-state index contributed by atoms with van der Waals surface area (Å²) in [7, 11) is 6.43. The first-order chi connectivity index (χ1) is 18.4. The molecule has 3 heterocycles. The molecule has 1 aliphatic heterocycles. The fraction of sp³-hybridized carbons (Fsp3) is 0.406. The summed E-state index contributed by atoms with van der Waals surface area (Å²) in [6.07, 6.45) is 15.0. The number of hydrogen-bond acceptors (Lipinski definition) is 5. The van der Waals surface area contributed by atoms with E-state index in [0.29, 0.717) is 0 Å². The minimum absolute atomic E-state index is 0.0583. The van der Waals surface area contributed by atoms with Crippen LogP contribution in [0.15, 0.2) is 66.7 Å². The van der Waals surface area contributed by atoms with Crippen molar-refractivity contribution in [1.29, 1.82) is 0 Å². The number of benzene rings is 1. The highest BCUT2D eigenvalue weighted by Crippen LogP contribution is 2.47. The molecular weight excluding hydrogens is 468 g/mol. The van der Waals surface area contributed by atoms with Crippen molar-refractivity contribution in [3.05, 3.63) is 77.8 Å². The SMILES string of the molecule is C=C1NC2(CCCCC2)c2cc(-c3c[nH]c4nc(NC5=CCCC(N(C)CCN(C)C)=C5)ccc34)ccc21. The van der Waals surface area contributed by atoms with Crippen molar-refractivity contribution in [2.45, 2.75) is 50.5 Å². The molecule has 0 saturated heterocycles. The monoisotopic (exact) mass is 508 g/mol. The van der Waals surface area contributed by atoms with Crippen LogP contribution in [0.5, 0.6) is 0 Å². The topological polar surface area (TPSA) is 59.2 Å². The lowest BCUT2D eigenvalue weighted by molar-refractivity contribution is 0.276. The molecule has 1 spiro atoms. The van der Waals surface area contributed by atoms with Crippen LogP contribution in [0, 0.1) is 0 Å². The van der Waals surface area contributed by atoms with Crippen LogP contribution < -0.4 is 10.6 Å². The number of aromatic amines is 1. The Kier molecular flexibility index (Phi) is 6.52. The Balaban J connectivity index is 1.23. The number of likely N-dealkylation sites (N-methyl/N-ethyl adjacent to an activating group) is 2. The van der Waals surface area contributed by atoms with Gasteiger partial charge in [-0.2, -0.15) is 0 Å².